The molecule has 1 aromatic heterocycles. The number of anilines is 1. The van der Waals surface area contributed by atoms with E-state index in [1.807, 2.05) is 0 Å². The third-order valence-corrected chi connectivity index (χ3v) is 2.60. The summed E-state index contributed by atoms with van der Waals surface area (Å²) in [5.41, 5.74) is 1.68. The predicted octanol–water partition coefficient (Wildman–Crippen LogP) is 1.94. The van der Waals surface area contributed by atoms with Crippen molar-refractivity contribution in [3.8, 4) is 5.75 Å². The van der Waals surface area contributed by atoms with Crippen LogP contribution in [0.3, 0.4) is 0 Å². The lowest BCUT2D eigenvalue weighted by Gasteiger charge is -2.04. The second-order valence-corrected chi connectivity index (χ2v) is 3.88. The van der Waals surface area contributed by atoms with Gasteiger partial charge in [0.1, 0.15) is 5.51 Å². The van der Waals surface area contributed by atoms with Crippen molar-refractivity contribution in [3.63, 3.8) is 0 Å². The molecule has 0 saturated heterocycles. The number of hydrogen-bond donors (Lipinski definition) is 1. The van der Waals surface area contributed by atoms with Gasteiger partial charge in [0.2, 0.25) is 5.13 Å². The second kappa shape index (κ2) is 4.88. The molecular formula is C10H8FN3O2S. The summed E-state index contributed by atoms with van der Waals surface area (Å²) in [4.78, 5) is 11.7. The third kappa shape index (κ3) is 2.56. The summed E-state index contributed by atoms with van der Waals surface area (Å²) < 4.78 is 18.1. The molecule has 0 aliphatic carbocycles. The van der Waals surface area contributed by atoms with Gasteiger partial charge in [-0.3, -0.25) is 10.1 Å². The first-order valence-corrected chi connectivity index (χ1v) is 5.49. The fraction of sp³-hybridized carbons (Fsp3) is 0.100. The van der Waals surface area contributed by atoms with Crippen LogP contribution in [0.4, 0.5) is 9.52 Å². The van der Waals surface area contributed by atoms with E-state index in [0.29, 0.717) is 5.13 Å². The van der Waals surface area contributed by atoms with Crippen LogP contribution in [0.25, 0.3) is 0 Å². The zero-order valence-electron chi connectivity index (χ0n) is 8.81. The van der Waals surface area contributed by atoms with E-state index < -0.39 is 11.7 Å². The molecule has 0 radical (unpaired) electrons. The molecule has 88 valence electrons. The highest BCUT2D eigenvalue weighted by Crippen LogP contribution is 2.18. The first-order valence-electron chi connectivity index (χ1n) is 4.62. The first-order chi connectivity index (χ1) is 8.20. The molecule has 0 spiro atoms. The summed E-state index contributed by atoms with van der Waals surface area (Å²) in [6.07, 6.45) is 0. The third-order valence-electron chi connectivity index (χ3n) is 1.99. The maximum absolute atomic E-state index is 13.4. The number of halogens is 1. The summed E-state index contributed by atoms with van der Waals surface area (Å²) in [6, 6.07) is 3.97. The number of benzene rings is 1. The lowest BCUT2D eigenvalue weighted by molar-refractivity contribution is 0.102. The number of aromatic nitrogens is 2. The van der Waals surface area contributed by atoms with Gasteiger partial charge in [0, 0.05) is 5.56 Å². The topological polar surface area (TPSA) is 64.1 Å². The van der Waals surface area contributed by atoms with Crippen LogP contribution in [0.1, 0.15) is 10.4 Å². The number of hydrogen-bond acceptors (Lipinski definition) is 5. The summed E-state index contributed by atoms with van der Waals surface area (Å²) in [5, 5.41) is 10.1. The average molecular weight is 253 g/mol. The van der Waals surface area contributed by atoms with Gasteiger partial charge >= 0.3 is 0 Å². The van der Waals surface area contributed by atoms with Gasteiger partial charge in [0.15, 0.2) is 11.6 Å². The summed E-state index contributed by atoms with van der Waals surface area (Å²) in [7, 11) is 1.36. The van der Waals surface area contributed by atoms with Gasteiger partial charge in [-0.15, -0.1) is 10.2 Å². The Morgan fingerprint density at radius 3 is 2.94 bits per heavy atom. The SMILES string of the molecule is COc1ccc(C(=O)Nc2nncs2)cc1F. The molecule has 0 atom stereocenters. The highest BCUT2D eigenvalue weighted by atomic mass is 32.1. The number of carbonyl (C=O) groups is 1. The van der Waals surface area contributed by atoms with Crippen molar-refractivity contribution >= 4 is 22.4 Å². The molecule has 0 saturated carbocycles. The largest absolute Gasteiger partial charge is 0.494 e. The number of ether oxygens (including phenoxy) is 1. The minimum absolute atomic E-state index is 0.0949. The number of nitrogens with one attached hydrogen (secondary N) is 1. The highest BCUT2D eigenvalue weighted by molar-refractivity contribution is 7.13. The van der Waals surface area contributed by atoms with E-state index in [4.69, 9.17) is 4.74 Å². The molecule has 1 N–H and O–H groups in total. The first kappa shape index (κ1) is 11.5. The molecule has 2 aromatic rings. The van der Waals surface area contributed by atoms with Gasteiger partial charge in [0.25, 0.3) is 5.91 Å². The quantitative estimate of drug-likeness (QED) is 0.907. The van der Waals surface area contributed by atoms with Crippen LogP contribution < -0.4 is 10.1 Å². The van der Waals surface area contributed by atoms with Crippen LogP contribution >= 0.6 is 11.3 Å². The fourth-order valence-electron chi connectivity index (χ4n) is 1.20. The van der Waals surface area contributed by atoms with Gasteiger partial charge in [-0.2, -0.15) is 0 Å². The van der Waals surface area contributed by atoms with E-state index in [2.05, 4.69) is 15.5 Å². The van der Waals surface area contributed by atoms with Crippen LogP contribution in [0.15, 0.2) is 23.7 Å². The zero-order valence-corrected chi connectivity index (χ0v) is 9.62. The predicted molar refractivity (Wildman–Crippen MR) is 60.8 cm³/mol. The lowest BCUT2D eigenvalue weighted by Crippen LogP contribution is -2.12. The van der Waals surface area contributed by atoms with E-state index in [0.717, 1.165) is 6.07 Å². The molecule has 5 nitrogen and oxygen atoms in total. The molecule has 2 rings (SSSR count). The molecule has 0 aliphatic rings. The standard InChI is InChI=1S/C10H8FN3O2S/c1-16-8-3-2-6(4-7(8)11)9(15)13-10-14-12-5-17-10/h2-5H,1H3,(H,13,14,15). The Morgan fingerprint density at radius 2 is 2.35 bits per heavy atom. The smallest absolute Gasteiger partial charge is 0.257 e. The van der Waals surface area contributed by atoms with Gasteiger partial charge in [-0.1, -0.05) is 11.3 Å². The zero-order chi connectivity index (χ0) is 12.3. The van der Waals surface area contributed by atoms with Crippen LogP contribution in [-0.2, 0) is 0 Å². The molecule has 1 heterocycles. The van der Waals surface area contributed by atoms with Crippen molar-refractivity contribution in [3.05, 3.63) is 35.1 Å². The van der Waals surface area contributed by atoms with E-state index in [1.165, 1.54) is 36.1 Å². The van der Waals surface area contributed by atoms with E-state index in [1.54, 1.807) is 0 Å². The van der Waals surface area contributed by atoms with Crippen molar-refractivity contribution in [1.82, 2.24) is 10.2 Å². The van der Waals surface area contributed by atoms with E-state index in [-0.39, 0.29) is 11.3 Å². The Morgan fingerprint density at radius 1 is 1.53 bits per heavy atom. The van der Waals surface area contributed by atoms with Crippen LogP contribution in [0.2, 0.25) is 0 Å². The number of carbonyl (C=O) groups excluding carboxylic acids is 1. The van der Waals surface area contributed by atoms with Crippen molar-refractivity contribution in [2.45, 2.75) is 0 Å². The van der Waals surface area contributed by atoms with E-state index in [9.17, 15) is 9.18 Å². The van der Waals surface area contributed by atoms with Crippen LogP contribution in [0, 0.1) is 5.82 Å². The molecule has 0 aliphatic heterocycles. The number of methoxy groups -OCH3 is 1. The highest BCUT2D eigenvalue weighted by Gasteiger charge is 2.11. The average Bonchev–Trinajstić information content (AvgIpc) is 2.81. The molecule has 0 fully saturated rings. The van der Waals surface area contributed by atoms with Crippen LogP contribution in [-0.4, -0.2) is 23.2 Å². The van der Waals surface area contributed by atoms with Crippen molar-refractivity contribution < 1.29 is 13.9 Å². The number of rotatable bonds is 3. The molecular weight excluding hydrogens is 245 g/mol. The second-order valence-electron chi connectivity index (χ2n) is 3.05. The number of amides is 1. The van der Waals surface area contributed by atoms with Crippen molar-refractivity contribution in [1.29, 1.82) is 0 Å². The maximum Gasteiger partial charge on any atom is 0.257 e. The fourth-order valence-corrected chi connectivity index (χ4v) is 1.64. The van der Waals surface area contributed by atoms with Gasteiger partial charge in [0.05, 0.1) is 7.11 Å². The Kier molecular flexibility index (Phi) is 3.29. The minimum atomic E-state index is -0.586. The Balaban J connectivity index is 2.17. The Labute approximate surface area is 100 Å². The lowest BCUT2D eigenvalue weighted by atomic mass is 10.2. The molecule has 7 heteroatoms. The Bertz CT molecular complexity index is 530. The van der Waals surface area contributed by atoms with Crippen molar-refractivity contribution in [2.75, 3.05) is 12.4 Å². The number of nitrogens with zero attached hydrogens (tertiary/aromatic N) is 2. The maximum atomic E-state index is 13.4. The summed E-state index contributed by atoms with van der Waals surface area (Å²) >= 11 is 1.19. The molecule has 0 unspecified atom stereocenters. The molecule has 17 heavy (non-hydrogen) atoms. The molecule has 0 bridgehead atoms. The van der Waals surface area contributed by atoms with Crippen molar-refractivity contribution in [2.24, 2.45) is 0 Å². The monoisotopic (exact) mass is 253 g/mol. The molecule has 1 aromatic carbocycles. The summed E-state index contributed by atoms with van der Waals surface area (Å²) in [6.45, 7) is 0. The molecule has 1 amide bonds. The summed E-state index contributed by atoms with van der Waals surface area (Å²) in [5.74, 6) is -0.932. The van der Waals surface area contributed by atoms with Gasteiger partial charge in [-0.05, 0) is 18.2 Å². The van der Waals surface area contributed by atoms with Gasteiger partial charge < -0.3 is 4.74 Å². The van der Waals surface area contributed by atoms with Crippen LogP contribution in [0.5, 0.6) is 5.75 Å². The van der Waals surface area contributed by atoms with Gasteiger partial charge in [-0.25, -0.2) is 4.39 Å². The minimum Gasteiger partial charge on any atom is -0.494 e. The van der Waals surface area contributed by atoms with E-state index >= 15 is 0 Å². The Hall–Kier alpha value is -2.02. The normalized spacial score (nSPS) is 10.0.